The van der Waals surface area contributed by atoms with Gasteiger partial charge in [0, 0.05) is 50.3 Å². The Labute approximate surface area is 175 Å². The summed E-state index contributed by atoms with van der Waals surface area (Å²) in [5.74, 6) is -1.68. The Morgan fingerprint density at radius 1 is 1.17 bits per heavy atom. The van der Waals surface area contributed by atoms with Gasteiger partial charge in [-0.3, -0.25) is 4.79 Å². The molecule has 0 bridgehead atoms. The van der Waals surface area contributed by atoms with E-state index in [2.05, 4.69) is 5.16 Å². The molecule has 0 aliphatic carbocycles. The van der Waals surface area contributed by atoms with Gasteiger partial charge < -0.3 is 14.6 Å². The molecule has 1 heterocycles. The minimum absolute atomic E-state index is 0.0514. The Bertz CT molecular complexity index is 927. The second kappa shape index (κ2) is 9.24. The van der Waals surface area contributed by atoms with E-state index in [-0.39, 0.29) is 36.6 Å². The zero-order valence-corrected chi connectivity index (χ0v) is 17.7. The number of halogens is 2. The number of anilines is 1. The predicted octanol–water partition coefficient (Wildman–Crippen LogP) is 4.21. The minimum atomic E-state index is -0.665. The third-order valence-corrected chi connectivity index (χ3v) is 5.06. The van der Waals surface area contributed by atoms with E-state index in [0.717, 1.165) is 23.0 Å². The average Bonchev–Trinajstić information content (AvgIpc) is 3.17. The fourth-order valence-corrected chi connectivity index (χ4v) is 3.35. The van der Waals surface area contributed by atoms with Crippen molar-refractivity contribution in [3.63, 3.8) is 0 Å². The van der Waals surface area contributed by atoms with Crippen LogP contribution in [0.3, 0.4) is 0 Å². The van der Waals surface area contributed by atoms with Crippen molar-refractivity contribution < 1.29 is 18.4 Å². The number of rotatable bonds is 7. The van der Waals surface area contributed by atoms with E-state index in [9.17, 15) is 13.6 Å². The molecule has 160 valence electrons. The van der Waals surface area contributed by atoms with Gasteiger partial charge in [-0.25, -0.2) is 8.78 Å². The Morgan fingerprint density at radius 3 is 2.47 bits per heavy atom. The maximum atomic E-state index is 14.1. The first-order chi connectivity index (χ1) is 14.2. The topological polar surface area (TPSA) is 45.1 Å². The van der Waals surface area contributed by atoms with Crippen molar-refractivity contribution in [1.82, 2.24) is 4.90 Å². The number of hydrogen-bond donors (Lipinski definition) is 0. The number of carbonyl (C=O) groups is 1. The standard InChI is InChI=1S/C23H27F2N3O2/c1-15(2)23(29)28(13-17-5-8-18(24)11-21(17)25)14-20-12-22(26-30-20)16-6-9-19(10-7-16)27(3)4/h5-11,15,20H,12-14H2,1-4H3. The first-order valence-corrected chi connectivity index (χ1v) is 9.97. The summed E-state index contributed by atoms with van der Waals surface area (Å²) in [6.07, 6.45) is 0.231. The van der Waals surface area contributed by atoms with E-state index in [4.69, 9.17) is 4.84 Å². The molecule has 0 saturated heterocycles. The molecule has 2 aromatic rings. The van der Waals surface area contributed by atoms with Crippen LogP contribution < -0.4 is 4.90 Å². The van der Waals surface area contributed by atoms with Gasteiger partial charge in [0.05, 0.1) is 12.3 Å². The molecule has 0 saturated carbocycles. The van der Waals surface area contributed by atoms with Gasteiger partial charge in [-0.2, -0.15) is 0 Å². The maximum Gasteiger partial charge on any atom is 0.225 e. The molecular formula is C23H27F2N3O2. The summed E-state index contributed by atoms with van der Waals surface area (Å²) in [5, 5.41) is 4.20. The lowest BCUT2D eigenvalue weighted by Crippen LogP contribution is -2.39. The van der Waals surface area contributed by atoms with Gasteiger partial charge in [0.15, 0.2) is 6.10 Å². The Morgan fingerprint density at radius 2 is 1.87 bits per heavy atom. The summed E-state index contributed by atoms with van der Waals surface area (Å²) in [5.41, 5.74) is 3.14. The van der Waals surface area contributed by atoms with Gasteiger partial charge in [-0.1, -0.05) is 37.2 Å². The first kappa shape index (κ1) is 21.7. The molecular weight excluding hydrogens is 388 g/mol. The van der Waals surface area contributed by atoms with E-state index in [1.54, 1.807) is 18.7 Å². The molecule has 1 unspecified atom stereocenters. The molecule has 3 rings (SSSR count). The predicted molar refractivity (Wildman–Crippen MR) is 113 cm³/mol. The normalized spacial score (nSPS) is 15.7. The molecule has 5 nitrogen and oxygen atoms in total. The third-order valence-electron chi connectivity index (χ3n) is 5.06. The number of benzene rings is 2. The van der Waals surface area contributed by atoms with E-state index in [1.807, 2.05) is 43.3 Å². The van der Waals surface area contributed by atoms with Gasteiger partial charge in [0.1, 0.15) is 11.6 Å². The summed E-state index contributed by atoms with van der Waals surface area (Å²) in [4.78, 5) is 21.8. The van der Waals surface area contributed by atoms with Crippen LogP contribution in [0.15, 0.2) is 47.6 Å². The van der Waals surface area contributed by atoms with Crippen molar-refractivity contribution >= 4 is 17.3 Å². The monoisotopic (exact) mass is 415 g/mol. The smallest absolute Gasteiger partial charge is 0.225 e. The van der Waals surface area contributed by atoms with E-state index in [1.165, 1.54) is 12.1 Å². The van der Waals surface area contributed by atoms with Crippen molar-refractivity contribution in [2.75, 3.05) is 25.5 Å². The SMILES string of the molecule is CC(C)C(=O)N(Cc1ccc(F)cc1F)CC1CC(c2ccc(N(C)C)cc2)=NO1. The molecule has 7 heteroatoms. The number of nitrogens with zero attached hydrogens (tertiary/aromatic N) is 3. The first-order valence-electron chi connectivity index (χ1n) is 9.97. The van der Waals surface area contributed by atoms with Crippen molar-refractivity contribution in [2.45, 2.75) is 32.9 Å². The largest absolute Gasteiger partial charge is 0.390 e. The Hall–Kier alpha value is -2.96. The molecule has 0 fully saturated rings. The molecule has 30 heavy (non-hydrogen) atoms. The lowest BCUT2D eigenvalue weighted by atomic mass is 10.0. The van der Waals surface area contributed by atoms with Crippen molar-refractivity contribution in [3.05, 3.63) is 65.2 Å². The van der Waals surface area contributed by atoms with Gasteiger partial charge in [-0.05, 0) is 23.8 Å². The third kappa shape index (κ3) is 5.14. The molecule has 1 atom stereocenters. The second-order valence-corrected chi connectivity index (χ2v) is 8.02. The maximum absolute atomic E-state index is 14.1. The van der Waals surface area contributed by atoms with Crippen LogP contribution in [-0.4, -0.2) is 43.3 Å². The van der Waals surface area contributed by atoms with Gasteiger partial charge in [-0.15, -0.1) is 0 Å². The molecule has 0 spiro atoms. The Kier molecular flexibility index (Phi) is 6.70. The molecule has 1 aliphatic rings. The molecule has 0 aromatic heterocycles. The lowest BCUT2D eigenvalue weighted by molar-refractivity contribution is -0.137. The van der Waals surface area contributed by atoms with Crippen LogP contribution in [-0.2, 0) is 16.2 Å². The van der Waals surface area contributed by atoms with Crippen LogP contribution in [0.5, 0.6) is 0 Å². The number of carbonyl (C=O) groups excluding carboxylic acids is 1. The average molecular weight is 415 g/mol. The van der Waals surface area contributed by atoms with Crippen molar-refractivity contribution in [3.8, 4) is 0 Å². The summed E-state index contributed by atoms with van der Waals surface area (Å²) in [6.45, 7) is 3.91. The summed E-state index contributed by atoms with van der Waals surface area (Å²) < 4.78 is 27.3. The molecule has 1 aliphatic heterocycles. The number of hydrogen-bond acceptors (Lipinski definition) is 4. The fraction of sp³-hybridized carbons (Fsp3) is 0.391. The zero-order chi connectivity index (χ0) is 21.8. The van der Waals surface area contributed by atoms with Crippen molar-refractivity contribution in [1.29, 1.82) is 0 Å². The molecule has 0 N–H and O–H groups in total. The van der Waals surface area contributed by atoms with Crippen LogP contribution >= 0.6 is 0 Å². The second-order valence-electron chi connectivity index (χ2n) is 8.02. The van der Waals surface area contributed by atoms with E-state index in [0.29, 0.717) is 6.42 Å². The highest BCUT2D eigenvalue weighted by molar-refractivity contribution is 6.01. The van der Waals surface area contributed by atoms with Crippen LogP contribution in [0.4, 0.5) is 14.5 Å². The quantitative estimate of drug-likeness (QED) is 0.681. The van der Waals surface area contributed by atoms with Crippen LogP contribution in [0.2, 0.25) is 0 Å². The van der Waals surface area contributed by atoms with Crippen LogP contribution in [0, 0.1) is 17.6 Å². The lowest BCUT2D eigenvalue weighted by Gasteiger charge is -2.26. The number of oxime groups is 1. The van der Waals surface area contributed by atoms with Crippen molar-refractivity contribution in [2.24, 2.45) is 11.1 Å². The van der Waals surface area contributed by atoms with Gasteiger partial charge in [0.2, 0.25) is 5.91 Å². The van der Waals surface area contributed by atoms with Gasteiger partial charge in [0.25, 0.3) is 0 Å². The highest BCUT2D eigenvalue weighted by Gasteiger charge is 2.28. The van der Waals surface area contributed by atoms with Gasteiger partial charge >= 0.3 is 0 Å². The highest BCUT2D eigenvalue weighted by Crippen LogP contribution is 2.22. The zero-order valence-electron chi connectivity index (χ0n) is 17.7. The summed E-state index contributed by atoms with van der Waals surface area (Å²) in [7, 11) is 3.96. The number of amides is 1. The van der Waals surface area contributed by atoms with E-state index >= 15 is 0 Å². The summed E-state index contributed by atoms with van der Waals surface area (Å²) >= 11 is 0. The minimum Gasteiger partial charge on any atom is -0.390 e. The molecule has 1 amide bonds. The fourth-order valence-electron chi connectivity index (χ4n) is 3.35. The van der Waals surface area contributed by atoms with E-state index < -0.39 is 11.6 Å². The molecule has 2 aromatic carbocycles. The summed E-state index contributed by atoms with van der Waals surface area (Å²) in [6, 6.07) is 11.4. The van der Waals surface area contributed by atoms with Crippen LogP contribution in [0.1, 0.15) is 31.4 Å². The van der Waals surface area contributed by atoms with Crippen LogP contribution in [0.25, 0.3) is 0 Å². The highest BCUT2D eigenvalue weighted by atomic mass is 19.1. The Balaban J connectivity index is 1.69. The molecule has 0 radical (unpaired) electrons.